The summed E-state index contributed by atoms with van der Waals surface area (Å²) in [6, 6.07) is 2.38. The Morgan fingerprint density at radius 2 is 1.95 bits per heavy atom. The van der Waals surface area contributed by atoms with Gasteiger partial charge in [-0.05, 0) is 62.2 Å². The van der Waals surface area contributed by atoms with Crippen LogP contribution in [0.5, 0.6) is 11.5 Å². The molecule has 116 valence electrons. The zero-order valence-corrected chi connectivity index (χ0v) is 15.2. The normalized spacial score (nSPS) is 21.3. The Morgan fingerprint density at radius 1 is 1.29 bits per heavy atom. The quantitative estimate of drug-likeness (QED) is 0.785. The second kappa shape index (κ2) is 6.44. The third-order valence-corrected chi connectivity index (χ3v) is 6.48. The molecule has 4 nitrogen and oxygen atoms in total. The molecule has 2 fully saturated rings. The molecule has 0 spiro atoms. The highest BCUT2D eigenvalue weighted by molar-refractivity contribution is 9.13. The van der Waals surface area contributed by atoms with Crippen LogP contribution in [0.25, 0.3) is 0 Å². The molecule has 1 atom stereocenters. The molecule has 1 aliphatic heterocycles. The molecular weight excluding hydrogens is 400 g/mol. The smallest absolute Gasteiger partial charge is 0.173 e. The first-order chi connectivity index (χ1) is 10.1. The summed E-state index contributed by atoms with van der Waals surface area (Å²) < 4.78 is 6.95. The van der Waals surface area contributed by atoms with Crippen molar-refractivity contribution in [3.8, 4) is 11.5 Å². The van der Waals surface area contributed by atoms with E-state index in [1.165, 1.54) is 18.4 Å². The fraction of sp³-hybridized carbons (Fsp3) is 0.600. The minimum atomic E-state index is 0.156. The topological polar surface area (TPSA) is 44.7 Å². The van der Waals surface area contributed by atoms with Gasteiger partial charge in [0.15, 0.2) is 11.5 Å². The Kier molecular flexibility index (Phi) is 4.78. The van der Waals surface area contributed by atoms with E-state index in [-0.39, 0.29) is 5.75 Å². The van der Waals surface area contributed by atoms with Crippen LogP contribution in [0.4, 0.5) is 0 Å². The number of benzene rings is 1. The Bertz CT molecular complexity index is 529. The molecule has 0 aromatic heterocycles. The van der Waals surface area contributed by atoms with E-state index in [9.17, 15) is 5.11 Å². The van der Waals surface area contributed by atoms with Gasteiger partial charge in [-0.25, -0.2) is 0 Å². The first kappa shape index (κ1) is 15.6. The number of piperazine rings is 1. The zero-order chi connectivity index (χ0) is 15.0. The van der Waals surface area contributed by atoms with Gasteiger partial charge in [0.2, 0.25) is 0 Å². The third-order valence-electron chi connectivity index (χ3n) is 4.33. The van der Waals surface area contributed by atoms with Gasteiger partial charge in [-0.15, -0.1) is 0 Å². The predicted octanol–water partition coefficient (Wildman–Crippen LogP) is 3.28. The van der Waals surface area contributed by atoms with Gasteiger partial charge in [0, 0.05) is 36.7 Å². The van der Waals surface area contributed by atoms with Gasteiger partial charge >= 0.3 is 0 Å². The molecule has 1 aliphatic carbocycles. The maximum Gasteiger partial charge on any atom is 0.173 e. The molecule has 2 aliphatic rings. The average Bonchev–Trinajstić information content (AvgIpc) is 3.33. The van der Waals surface area contributed by atoms with Crippen LogP contribution in [0.3, 0.4) is 0 Å². The van der Waals surface area contributed by atoms with Gasteiger partial charge in [0.25, 0.3) is 0 Å². The number of hydrogen-bond donors (Lipinski definition) is 2. The lowest BCUT2D eigenvalue weighted by molar-refractivity contribution is 0.155. The molecule has 0 bridgehead atoms. The third kappa shape index (κ3) is 3.09. The monoisotopic (exact) mass is 418 g/mol. The van der Waals surface area contributed by atoms with Crippen molar-refractivity contribution in [1.82, 2.24) is 10.2 Å². The molecule has 6 heteroatoms. The van der Waals surface area contributed by atoms with Crippen molar-refractivity contribution in [2.24, 2.45) is 5.92 Å². The summed E-state index contributed by atoms with van der Waals surface area (Å²) in [6.07, 6.45) is 2.56. The van der Waals surface area contributed by atoms with E-state index in [1.54, 1.807) is 7.11 Å². The van der Waals surface area contributed by atoms with Gasteiger partial charge < -0.3 is 15.2 Å². The Balaban J connectivity index is 2.00. The highest BCUT2D eigenvalue weighted by atomic mass is 79.9. The Hall–Kier alpha value is -0.300. The molecular formula is C15H20Br2N2O2. The Morgan fingerprint density at radius 3 is 2.52 bits per heavy atom. The van der Waals surface area contributed by atoms with Crippen LogP contribution < -0.4 is 10.1 Å². The number of nitrogens with zero attached hydrogens (tertiary/aromatic N) is 1. The first-order valence-electron chi connectivity index (χ1n) is 7.33. The lowest BCUT2D eigenvalue weighted by Gasteiger charge is -2.36. The molecule has 21 heavy (non-hydrogen) atoms. The minimum absolute atomic E-state index is 0.156. The van der Waals surface area contributed by atoms with Crippen molar-refractivity contribution in [1.29, 1.82) is 0 Å². The largest absolute Gasteiger partial charge is 0.503 e. The predicted molar refractivity (Wildman–Crippen MR) is 90.0 cm³/mol. The minimum Gasteiger partial charge on any atom is -0.503 e. The molecule has 2 N–H and O–H groups in total. The van der Waals surface area contributed by atoms with E-state index >= 15 is 0 Å². The lowest BCUT2D eigenvalue weighted by Crippen LogP contribution is -2.45. The van der Waals surface area contributed by atoms with Crippen molar-refractivity contribution in [3.63, 3.8) is 0 Å². The van der Waals surface area contributed by atoms with Crippen molar-refractivity contribution < 1.29 is 9.84 Å². The van der Waals surface area contributed by atoms with Crippen molar-refractivity contribution in [2.45, 2.75) is 18.9 Å². The van der Waals surface area contributed by atoms with Crippen LogP contribution in [-0.2, 0) is 0 Å². The number of aromatic hydroxyl groups is 1. The fourth-order valence-electron chi connectivity index (χ4n) is 3.10. The van der Waals surface area contributed by atoms with Gasteiger partial charge in [-0.2, -0.15) is 0 Å². The molecule has 3 rings (SSSR count). The maximum absolute atomic E-state index is 10.1. The van der Waals surface area contributed by atoms with E-state index < -0.39 is 0 Å². The number of phenolic OH excluding ortho intramolecular Hbond substituents is 1. The molecule has 1 saturated heterocycles. The van der Waals surface area contributed by atoms with Crippen LogP contribution in [0.1, 0.15) is 24.4 Å². The lowest BCUT2D eigenvalue weighted by atomic mass is 9.99. The number of hydrogen-bond acceptors (Lipinski definition) is 4. The number of nitrogens with one attached hydrogen (secondary N) is 1. The van der Waals surface area contributed by atoms with Crippen LogP contribution >= 0.6 is 31.9 Å². The number of methoxy groups -OCH3 is 1. The molecule has 1 aromatic carbocycles. The summed E-state index contributed by atoms with van der Waals surface area (Å²) in [5.41, 5.74) is 1.21. The van der Waals surface area contributed by atoms with E-state index in [1.807, 2.05) is 6.07 Å². The van der Waals surface area contributed by atoms with E-state index in [4.69, 9.17) is 4.74 Å². The average molecular weight is 420 g/mol. The van der Waals surface area contributed by atoms with Crippen molar-refractivity contribution in [3.05, 3.63) is 20.6 Å². The number of ether oxygens (including phenoxy) is 1. The van der Waals surface area contributed by atoms with Crippen LogP contribution in [0, 0.1) is 5.92 Å². The highest BCUT2D eigenvalue weighted by Gasteiger charge is 2.38. The second-order valence-corrected chi connectivity index (χ2v) is 7.30. The van der Waals surface area contributed by atoms with Gasteiger partial charge in [0.05, 0.1) is 11.6 Å². The van der Waals surface area contributed by atoms with E-state index in [2.05, 4.69) is 42.1 Å². The first-order valence-corrected chi connectivity index (χ1v) is 8.91. The Labute approximate surface area is 142 Å². The van der Waals surface area contributed by atoms with Gasteiger partial charge in [0.1, 0.15) is 0 Å². The van der Waals surface area contributed by atoms with Gasteiger partial charge in [-0.3, -0.25) is 4.90 Å². The summed E-state index contributed by atoms with van der Waals surface area (Å²) in [4.78, 5) is 2.55. The van der Waals surface area contributed by atoms with E-state index in [0.717, 1.165) is 30.7 Å². The van der Waals surface area contributed by atoms with Crippen LogP contribution in [0.2, 0.25) is 0 Å². The van der Waals surface area contributed by atoms with Crippen LogP contribution in [0.15, 0.2) is 15.0 Å². The maximum atomic E-state index is 10.1. The highest BCUT2D eigenvalue weighted by Crippen LogP contribution is 2.51. The molecule has 1 saturated carbocycles. The molecule has 1 heterocycles. The van der Waals surface area contributed by atoms with Gasteiger partial charge in [-0.1, -0.05) is 0 Å². The molecule has 0 amide bonds. The van der Waals surface area contributed by atoms with Crippen molar-refractivity contribution in [2.75, 3.05) is 33.3 Å². The number of rotatable bonds is 4. The summed E-state index contributed by atoms with van der Waals surface area (Å²) in [7, 11) is 1.59. The van der Waals surface area contributed by atoms with Crippen LogP contribution in [-0.4, -0.2) is 43.3 Å². The summed E-state index contributed by atoms with van der Waals surface area (Å²) in [5.74, 6) is 1.39. The second-order valence-electron chi connectivity index (χ2n) is 5.71. The van der Waals surface area contributed by atoms with E-state index in [0.29, 0.717) is 22.2 Å². The molecule has 0 radical (unpaired) electrons. The number of phenols is 1. The summed E-state index contributed by atoms with van der Waals surface area (Å²) in [6.45, 7) is 4.21. The molecule has 1 aromatic rings. The number of halogens is 2. The SMILES string of the molecule is COc1cc([C@@H](C2CC2)N2CCNCC2)c(Br)c(Br)c1O. The standard InChI is InChI=1S/C15H20Br2N2O2/c1-21-11-8-10(12(16)13(17)15(11)20)14(9-2-3-9)19-6-4-18-5-7-19/h8-9,14,18,20H,2-7H2,1H3/t14-/m1/s1. The molecule has 0 unspecified atom stereocenters. The zero-order valence-electron chi connectivity index (χ0n) is 12.0. The van der Waals surface area contributed by atoms with Crippen molar-refractivity contribution >= 4 is 31.9 Å². The summed E-state index contributed by atoms with van der Waals surface area (Å²) in [5, 5.41) is 13.5. The summed E-state index contributed by atoms with van der Waals surface area (Å²) >= 11 is 7.13. The fourth-order valence-corrected chi connectivity index (χ4v) is 4.06.